The maximum atomic E-state index is 12.0. The summed E-state index contributed by atoms with van der Waals surface area (Å²) in [5, 5.41) is 3.49. The molecule has 2 aromatic rings. The maximum absolute atomic E-state index is 12.0. The number of ether oxygens (including phenoxy) is 1. The van der Waals surface area contributed by atoms with E-state index < -0.39 is 0 Å². The Bertz CT molecular complexity index is 574. The largest absolute Gasteiger partial charge is 0.383 e. The number of amides is 1. The number of halogens is 1. The van der Waals surface area contributed by atoms with Crippen molar-refractivity contribution in [3.8, 4) is 0 Å². The number of carbonyl (C=O) groups excluding carboxylic acids is 1. The fraction of sp³-hybridized carbons (Fsp3) is 0.286. The predicted octanol–water partition coefficient (Wildman–Crippen LogP) is 2.22. The van der Waals surface area contributed by atoms with Crippen LogP contribution in [0.25, 0.3) is 10.9 Å². The number of nitrogens with one attached hydrogen (secondary N) is 1. The number of alkyl halides is 1. The molecule has 1 atom stereocenters. The lowest BCUT2D eigenvalue weighted by Crippen LogP contribution is -2.31. The normalized spacial score (nSPS) is 12.3. The summed E-state index contributed by atoms with van der Waals surface area (Å²) in [5.41, 5.74) is 1.47. The highest BCUT2D eigenvalue weighted by Crippen LogP contribution is 2.13. The molecular weight excluding hydrogens is 264 g/mol. The van der Waals surface area contributed by atoms with Crippen LogP contribution in [0.3, 0.4) is 0 Å². The molecule has 0 aliphatic heterocycles. The first-order chi connectivity index (χ1) is 9.20. The standard InChI is InChI=1S/C14H15ClN2O2/c1-19-9-12(15)8-17-14(18)11-4-5-13-10(7-11)3-2-6-16-13/h2-7,12H,8-9H2,1H3,(H,17,18). The Labute approximate surface area is 116 Å². The topological polar surface area (TPSA) is 51.2 Å². The van der Waals surface area contributed by atoms with Gasteiger partial charge in [-0.15, -0.1) is 11.6 Å². The van der Waals surface area contributed by atoms with Crippen molar-refractivity contribution in [3.63, 3.8) is 0 Å². The lowest BCUT2D eigenvalue weighted by Gasteiger charge is -2.10. The van der Waals surface area contributed by atoms with E-state index in [4.69, 9.17) is 16.3 Å². The summed E-state index contributed by atoms with van der Waals surface area (Å²) < 4.78 is 4.91. The fourth-order valence-corrected chi connectivity index (χ4v) is 1.97. The smallest absolute Gasteiger partial charge is 0.251 e. The molecule has 0 radical (unpaired) electrons. The number of fused-ring (bicyclic) bond motifs is 1. The Morgan fingerprint density at radius 3 is 3.11 bits per heavy atom. The molecule has 0 spiro atoms. The lowest BCUT2D eigenvalue weighted by atomic mass is 10.1. The number of hydrogen-bond acceptors (Lipinski definition) is 3. The van der Waals surface area contributed by atoms with E-state index in [2.05, 4.69) is 10.3 Å². The van der Waals surface area contributed by atoms with Crippen LogP contribution in [0, 0.1) is 0 Å². The van der Waals surface area contributed by atoms with E-state index in [0.717, 1.165) is 10.9 Å². The Kier molecular flexibility index (Phi) is 4.71. The van der Waals surface area contributed by atoms with Crippen molar-refractivity contribution in [2.45, 2.75) is 5.38 Å². The molecule has 19 heavy (non-hydrogen) atoms. The number of benzene rings is 1. The van der Waals surface area contributed by atoms with Gasteiger partial charge in [0, 0.05) is 30.8 Å². The predicted molar refractivity (Wildman–Crippen MR) is 75.6 cm³/mol. The van der Waals surface area contributed by atoms with Gasteiger partial charge in [0.1, 0.15) is 0 Å². The minimum atomic E-state index is -0.226. The Morgan fingerprint density at radius 2 is 2.32 bits per heavy atom. The number of hydrogen-bond donors (Lipinski definition) is 1. The van der Waals surface area contributed by atoms with Crippen molar-refractivity contribution < 1.29 is 9.53 Å². The number of aromatic nitrogens is 1. The Hall–Kier alpha value is -1.65. The molecule has 1 unspecified atom stereocenters. The monoisotopic (exact) mass is 278 g/mol. The molecule has 0 aliphatic carbocycles. The van der Waals surface area contributed by atoms with Gasteiger partial charge in [0.2, 0.25) is 0 Å². The van der Waals surface area contributed by atoms with Crippen LogP contribution in [0.1, 0.15) is 10.4 Å². The lowest BCUT2D eigenvalue weighted by molar-refractivity contribution is 0.0949. The average Bonchev–Trinajstić information content (AvgIpc) is 2.44. The number of methoxy groups -OCH3 is 1. The molecule has 1 heterocycles. The first kappa shape index (κ1) is 13.8. The highest BCUT2D eigenvalue weighted by atomic mass is 35.5. The second kappa shape index (κ2) is 6.50. The SMILES string of the molecule is COCC(Cl)CNC(=O)c1ccc2ncccc2c1. The van der Waals surface area contributed by atoms with E-state index in [0.29, 0.717) is 18.7 Å². The molecule has 1 N–H and O–H groups in total. The van der Waals surface area contributed by atoms with Crippen LogP contribution in [-0.4, -0.2) is 36.5 Å². The fourth-order valence-electron chi connectivity index (χ4n) is 1.76. The second-order valence-corrected chi connectivity index (χ2v) is 4.79. The van der Waals surface area contributed by atoms with Crippen LogP contribution in [0.4, 0.5) is 0 Å². The van der Waals surface area contributed by atoms with Gasteiger partial charge in [0.15, 0.2) is 0 Å². The van der Waals surface area contributed by atoms with E-state index in [1.807, 2.05) is 24.3 Å². The summed E-state index contributed by atoms with van der Waals surface area (Å²) >= 11 is 5.96. The zero-order valence-corrected chi connectivity index (χ0v) is 11.4. The second-order valence-electron chi connectivity index (χ2n) is 4.17. The number of pyridine rings is 1. The zero-order chi connectivity index (χ0) is 13.7. The van der Waals surface area contributed by atoms with Gasteiger partial charge in [-0.2, -0.15) is 0 Å². The van der Waals surface area contributed by atoms with Gasteiger partial charge in [-0.05, 0) is 24.3 Å². The van der Waals surface area contributed by atoms with Gasteiger partial charge in [-0.1, -0.05) is 6.07 Å². The quantitative estimate of drug-likeness (QED) is 0.853. The van der Waals surface area contributed by atoms with E-state index in [1.54, 1.807) is 19.4 Å². The highest BCUT2D eigenvalue weighted by Gasteiger charge is 2.09. The van der Waals surface area contributed by atoms with Crippen LogP contribution in [-0.2, 0) is 4.74 Å². The van der Waals surface area contributed by atoms with Crippen molar-refractivity contribution in [1.29, 1.82) is 0 Å². The summed E-state index contributed by atoms with van der Waals surface area (Å²) in [5.74, 6) is -0.146. The molecule has 0 saturated carbocycles. The maximum Gasteiger partial charge on any atom is 0.251 e. The molecule has 5 heteroatoms. The zero-order valence-electron chi connectivity index (χ0n) is 10.6. The number of rotatable bonds is 5. The van der Waals surface area contributed by atoms with Crippen molar-refractivity contribution in [2.75, 3.05) is 20.3 Å². The van der Waals surface area contributed by atoms with Crippen LogP contribution >= 0.6 is 11.6 Å². The van der Waals surface area contributed by atoms with Crippen LogP contribution in [0.15, 0.2) is 36.5 Å². The number of nitrogens with zero attached hydrogens (tertiary/aromatic N) is 1. The molecule has 4 nitrogen and oxygen atoms in total. The molecular formula is C14H15ClN2O2. The Morgan fingerprint density at radius 1 is 1.47 bits per heavy atom. The molecule has 0 aliphatic rings. The van der Waals surface area contributed by atoms with Crippen molar-refractivity contribution in [2.24, 2.45) is 0 Å². The first-order valence-electron chi connectivity index (χ1n) is 5.96. The van der Waals surface area contributed by atoms with Crippen LogP contribution in [0.5, 0.6) is 0 Å². The summed E-state index contributed by atoms with van der Waals surface area (Å²) in [6.07, 6.45) is 1.73. The minimum Gasteiger partial charge on any atom is -0.383 e. The van der Waals surface area contributed by atoms with Crippen molar-refractivity contribution >= 4 is 28.4 Å². The van der Waals surface area contributed by atoms with Crippen molar-refractivity contribution in [3.05, 3.63) is 42.1 Å². The molecule has 1 aromatic carbocycles. The summed E-state index contributed by atoms with van der Waals surface area (Å²) in [7, 11) is 1.58. The summed E-state index contributed by atoms with van der Waals surface area (Å²) in [4.78, 5) is 16.2. The molecule has 2 rings (SSSR count). The molecule has 0 fully saturated rings. The van der Waals surface area contributed by atoms with E-state index in [9.17, 15) is 4.79 Å². The van der Waals surface area contributed by atoms with E-state index >= 15 is 0 Å². The molecule has 1 aromatic heterocycles. The third-order valence-electron chi connectivity index (χ3n) is 2.70. The highest BCUT2D eigenvalue weighted by molar-refractivity contribution is 6.21. The molecule has 0 saturated heterocycles. The van der Waals surface area contributed by atoms with Gasteiger partial charge in [-0.3, -0.25) is 9.78 Å². The Balaban J connectivity index is 2.05. The third-order valence-corrected chi connectivity index (χ3v) is 2.98. The average molecular weight is 279 g/mol. The van der Waals surface area contributed by atoms with Gasteiger partial charge < -0.3 is 10.1 Å². The summed E-state index contributed by atoms with van der Waals surface area (Å²) in [6, 6.07) is 9.17. The number of carbonyl (C=O) groups is 1. The molecule has 0 bridgehead atoms. The molecule has 100 valence electrons. The van der Waals surface area contributed by atoms with Gasteiger partial charge in [0.25, 0.3) is 5.91 Å². The van der Waals surface area contributed by atoms with Crippen LogP contribution < -0.4 is 5.32 Å². The summed E-state index contributed by atoms with van der Waals surface area (Å²) in [6.45, 7) is 0.781. The van der Waals surface area contributed by atoms with Crippen LogP contribution in [0.2, 0.25) is 0 Å². The molecule has 1 amide bonds. The minimum absolute atomic E-state index is 0.146. The third kappa shape index (κ3) is 3.66. The van der Waals surface area contributed by atoms with Gasteiger partial charge in [-0.25, -0.2) is 0 Å². The van der Waals surface area contributed by atoms with Gasteiger partial charge in [0.05, 0.1) is 17.5 Å². The van der Waals surface area contributed by atoms with Crippen molar-refractivity contribution in [1.82, 2.24) is 10.3 Å². The van der Waals surface area contributed by atoms with E-state index in [-0.39, 0.29) is 11.3 Å². The van der Waals surface area contributed by atoms with E-state index in [1.165, 1.54) is 0 Å². The first-order valence-corrected chi connectivity index (χ1v) is 6.40. The van der Waals surface area contributed by atoms with Gasteiger partial charge >= 0.3 is 0 Å².